The molecule has 1 aromatic carbocycles. The largest absolute Gasteiger partial charge is 0.411 e. The van der Waals surface area contributed by atoms with Crippen molar-refractivity contribution in [2.45, 2.75) is 55.0 Å². The van der Waals surface area contributed by atoms with Crippen LogP contribution in [-0.2, 0) is 4.79 Å². The van der Waals surface area contributed by atoms with Crippen LogP contribution >= 0.6 is 11.8 Å². The summed E-state index contributed by atoms with van der Waals surface area (Å²) >= 11 is 1.10. The smallest absolute Gasteiger partial charge is 0.277 e. The van der Waals surface area contributed by atoms with Crippen LogP contribution in [0.4, 0.5) is 5.69 Å². The van der Waals surface area contributed by atoms with Crippen LogP contribution in [0.25, 0.3) is 11.5 Å². The summed E-state index contributed by atoms with van der Waals surface area (Å²) in [6, 6.07) is 8.25. The Morgan fingerprint density at radius 3 is 2.76 bits per heavy atom. The molecule has 10 heteroatoms. The van der Waals surface area contributed by atoms with Crippen LogP contribution < -0.4 is 0 Å². The lowest BCUT2D eigenvalue weighted by Crippen LogP contribution is -2.52. The van der Waals surface area contributed by atoms with Crippen LogP contribution in [0.2, 0.25) is 0 Å². The van der Waals surface area contributed by atoms with Crippen LogP contribution in [0.5, 0.6) is 0 Å². The van der Waals surface area contributed by atoms with Crippen molar-refractivity contribution in [3.05, 3.63) is 34.4 Å². The Bertz CT molecular complexity index is 948. The van der Waals surface area contributed by atoms with Gasteiger partial charge < -0.3 is 9.32 Å². The fraction of sp³-hybridized carbons (Fsp3) is 0.474. The van der Waals surface area contributed by atoms with E-state index in [1.165, 1.54) is 18.2 Å². The molecule has 2 aromatic rings. The molecule has 0 spiro atoms. The van der Waals surface area contributed by atoms with E-state index < -0.39 is 15.7 Å². The Morgan fingerprint density at radius 2 is 2.10 bits per heavy atom. The Morgan fingerprint density at radius 1 is 1.38 bits per heavy atom. The van der Waals surface area contributed by atoms with Crippen molar-refractivity contribution in [1.29, 1.82) is 5.26 Å². The number of non-ortho nitro benzene ring substituents is 1. The third-order valence-corrected chi connectivity index (χ3v) is 6.12. The van der Waals surface area contributed by atoms with Gasteiger partial charge in [0.25, 0.3) is 10.9 Å². The molecule has 0 aliphatic heterocycles. The minimum atomic E-state index is -0.757. The minimum absolute atomic E-state index is 0.0747. The van der Waals surface area contributed by atoms with Crippen LogP contribution in [0.15, 0.2) is 33.9 Å². The molecule has 1 heterocycles. The van der Waals surface area contributed by atoms with Crippen molar-refractivity contribution in [3.63, 3.8) is 0 Å². The third-order valence-electron chi connectivity index (χ3n) is 5.20. The van der Waals surface area contributed by atoms with Crippen LogP contribution in [0.1, 0.15) is 39.0 Å². The maximum Gasteiger partial charge on any atom is 0.277 e. The van der Waals surface area contributed by atoms with Gasteiger partial charge in [-0.2, -0.15) is 5.26 Å². The number of hydrogen-bond donors (Lipinski definition) is 0. The van der Waals surface area contributed by atoms with Gasteiger partial charge in [0.2, 0.25) is 11.8 Å². The van der Waals surface area contributed by atoms with Gasteiger partial charge in [-0.15, -0.1) is 10.2 Å². The topological polar surface area (TPSA) is 126 Å². The number of aromatic nitrogens is 2. The van der Waals surface area contributed by atoms with Gasteiger partial charge in [-0.3, -0.25) is 14.9 Å². The van der Waals surface area contributed by atoms with Crippen molar-refractivity contribution in [3.8, 4) is 17.5 Å². The van der Waals surface area contributed by atoms with Crippen molar-refractivity contribution < 1.29 is 14.1 Å². The fourth-order valence-electron chi connectivity index (χ4n) is 3.47. The van der Waals surface area contributed by atoms with Crippen molar-refractivity contribution in [1.82, 2.24) is 15.1 Å². The number of rotatable bonds is 6. The molecule has 0 saturated heterocycles. The number of nitriles is 1. The molecule has 29 heavy (non-hydrogen) atoms. The van der Waals surface area contributed by atoms with Crippen LogP contribution in [-0.4, -0.2) is 43.8 Å². The Balaban J connectivity index is 1.70. The maximum atomic E-state index is 12.9. The summed E-state index contributed by atoms with van der Waals surface area (Å²) < 4.78 is 5.58. The van der Waals surface area contributed by atoms with E-state index in [-0.39, 0.29) is 22.7 Å². The quantitative estimate of drug-likeness (QED) is 0.396. The zero-order valence-corrected chi connectivity index (χ0v) is 17.0. The normalized spacial score (nSPS) is 16.6. The highest BCUT2D eigenvalue weighted by atomic mass is 32.2. The highest BCUT2D eigenvalue weighted by Crippen LogP contribution is 2.35. The number of hydrogen-bond acceptors (Lipinski definition) is 8. The molecule has 1 fully saturated rings. The van der Waals surface area contributed by atoms with E-state index in [0.29, 0.717) is 18.4 Å². The van der Waals surface area contributed by atoms with Gasteiger partial charge in [-0.05, 0) is 25.8 Å². The lowest BCUT2D eigenvalue weighted by atomic mass is 9.81. The molecule has 0 bridgehead atoms. The first-order valence-corrected chi connectivity index (χ1v) is 10.2. The van der Waals surface area contributed by atoms with Gasteiger partial charge in [0.15, 0.2) is 0 Å². The molecule has 9 nitrogen and oxygen atoms in total. The van der Waals surface area contributed by atoms with Crippen molar-refractivity contribution in [2.24, 2.45) is 0 Å². The molecule has 0 unspecified atom stereocenters. The number of thioether (sulfide) groups is 1. The summed E-state index contributed by atoms with van der Waals surface area (Å²) in [5, 5.41) is 28.1. The molecule has 1 aliphatic carbocycles. The second kappa shape index (κ2) is 8.61. The second-order valence-corrected chi connectivity index (χ2v) is 8.33. The van der Waals surface area contributed by atoms with Gasteiger partial charge >= 0.3 is 0 Å². The van der Waals surface area contributed by atoms with E-state index in [1.807, 2.05) is 0 Å². The number of nitro groups is 1. The molecule has 1 aliphatic rings. The fourth-order valence-corrected chi connectivity index (χ4v) is 4.25. The SMILES string of the molecule is C[C@@H](Sc1nnc(-c2cccc([N+](=O)[O-])c2)o1)C(=O)N(C)C1(C#N)CCCCC1. The van der Waals surface area contributed by atoms with E-state index in [4.69, 9.17) is 4.42 Å². The van der Waals surface area contributed by atoms with Crippen LogP contribution in [0, 0.1) is 21.4 Å². The molecule has 0 radical (unpaired) electrons. The third kappa shape index (κ3) is 4.40. The maximum absolute atomic E-state index is 12.9. The molecule has 1 amide bonds. The number of carbonyl (C=O) groups is 1. The molecule has 1 saturated carbocycles. The summed E-state index contributed by atoms with van der Waals surface area (Å²) in [6.07, 6.45) is 4.31. The van der Waals surface area contributed by atoms with Gasteiger partial charge in [-0.25, -0.2) is 0 Å². The zero-order chi connectivity index (χ0) is 21.0. The molecular weight excluding hydrogens is 394 g/mol. The van der Waals surface area contributed by atoms with Gasteiger partial charge in [0.1, 0.15) is 5.54 Å². The zero-order valence-electron chi connectivity index (χ0n) is 16.2. The van der Waals surface area contributed by atoms with Crippen molar-refractivity contribution in [2.75, 3.05) is 7.05 Å². The van der Waals surface area contributed by atoms with Gasteiger partial charge in [0, 0.05) is 24.7 Å². The predicted molar refractivity (Wildman–Crippen MR) is 106 cm³/mol. The first-order valence-electron chi connectivity index (χ1n) is 9.30. The molecule has 152 valence electrons. The van der Waals surface area contributed by atoms with E-state index in [0.717, 1.165) is 31.0 Å². The number of amides is 1. The molecule has 1 atom stereocenters. The van der Waals surface area contributed by atoms with E-state index >= 15 is 0 Å². The van der Waals surface area contributed by atoms with Crippen LogP contribution in [0.3, 0.4) is 0 Å². The lowest BCUT2D eigenvalue weighted by Gasteiger charge is -2.39. The Kier molecular flexibility index (Phi) is 6.17. The van der Waals surface area contributed by atoms with E-state index in [1.54, 1.807) is 24.9 Å². The van der Waals surface area contributed by atoms with Crippen molar-refractivity contribution >= 4 is 23.4 Å². The summed E-state index contributed by atoms with van der Waals surface area (Å²) in [4.78, 5) is 24.9. The summed E-state index contributed by atoms with van der Waals surface area (Å²) in [6.45, 7) is 1.73. The van der Waals surface area contributed by atoms with E-state index in [9.17, 15) is 20.2 Å². The number of nitrogens with zero attached hydrogens (tertiary/aromatic N) is 5. The summed E-state index contributed by atoms with van der Waals surface area (Å²) in [5.74, 6) is -0.0291. The molecule has 3 rings (SSSR count). The highest BCUT2D eigenvalue weighted by Gasteiger charge is 2.40. The lowest BCUT2D eigenvalue weighted by molar-refractivity contribution is -0.384. The highest BCUT2D eigenvalue weighted by molar-refractivity contribution is 8.00. The minimum Gasteiger partial charge on any atom is -0.411 e. The standard InChI is InChI=1S/C19H21N5O4S/c1-13(17(25)23(2)19(12-20)9-4-3-5-10-19)29-18-22-21-16(28-18)14-7-6-8-15(11-14)24(26)27/h6-8,11,13H,3-5,9-10H2,1-2H3/t13-/m1/s1. The number of carbonyl (C=O) groups excluding carboxylic acids is 1. The second-order valence-electron chi connectivity index (χ2n) is 7.04. The monoisotopic (exact) mass is 415 g/mol. The summed E-state index contributed by atoms with van der Waals surface area (Å²) in [7, 11) is 1.68. The molecule has 1 aromatic heterocycles. The average molecular weight is 415 g/mol. The molecule has 0 N–H and O–H groups in total. The Labute approximate surface area is 172 Å². The molecular formula is C19H21N5O4S. The number of benzene rings is 1. The predicted octanol–water partition coefficient (Wildman–Crippen LogP) is 3.81. The average Bonchev–Trinajstić information content (AvgIpc) is 3.21. The first kappa shape index (κ1) is 20.8. The van der Waals surface area contributed by atoms with Gasteiger partial charge in [-0.1, -0.05) is 37.1 Å². The first-order chi connectivity index (χ1) is 13.9. The number of nitro benzene ring substituents is 1. The Hall–Kier alpha value is -2.93. The van der Waals surface area contributed by atoms with E-state index in [2.05, 4.69) is 16.3 Å². The summed E-state index contributed by atoms with van der Waals surface area (Å²) in [5.41, 5.74) is -0.401. The van der Waals surface area contributed by atoms with Gasteiger partial charge in [0.05, 0.1) is 16.2 Å².